The molecule has 3 aromatic heterocycles. The van der Waals surface area contributed by atoms with Gasteiger partial charge in [0.25, 0.3) is 12.9 Å². The molecule has 61 heavy (non-hydrogen) atoms. The Morgan fingerprint density at radius 2 is 1.62 bits per heavy atom. The summed E-state index contributed by atoms with van der Waals surface area (Å²) in [6.45, 7) is 5.40. The largest absolute Gasteiger partial charge is 0.496 e. The first kappa shape index (κ1) is 43.4. The molecule has 3 aromatic carbocycles. The van der Waals surface area contributed by atoms with E-state index in [0.29, 0.717) is 29.7 Å². The molecule has 0 saturated heterocycles. The number of fused-ring (bicyclic) bond motifs is 2. The van der Waals surface area contributed by atoms with Crippen LogP contribution in [0.2, 0.25) is 0 Å². The molecule has 0 amide bonds. The minimum absolute atomic E-state index is 0.239. The predicted octanol–water partition coefficient (Wildman–Crippen LogP) is 10.2. The van der Waals surface area contributed by atoms with E-state index in [-0.39, 0.29) is 12.3 Å². The number of benzene rings is 3. The number of carbonyl (C=O) groups is 1. The number of anilines is 2. The summed E-state index contributed by atoms with van der Waals surface area (Å²) in [6, 6.07) is 19.0. The van der Waals surface area contributed by atoms with Crippen molar-refractivity contribution in [3.8, 4) is 28.3 Å². The molecule has 0 aliphatic heterocycles. The average molecular weight is 835 g/mol. The highest BCUT2D eigenvalue weighted by molar-refractivity contribution is 5.97. The number of ether oxygens (including phenoxy) is 2. The number of nitrogens with one attached hydrogen (secondary N) is 2. The van der Waals surface area contributed by atoms with E-state index in [4.69, 9.17) is 29.5 Å². The van der Waals surface area contributed by atoms with Gasteiger partial charge in [-0.3, -0.25) is 14.7 Å². The molecule has 0 bridgehead atoms. The highest BCUT2D eigenvalue weighted by Crippen LogP contribution is 2.39. The molecule has 322 valence electrons. The molecule has 0 atom stereocenters. The lowest BCUT2D eigenvalue weighted by Gasteiger charge is -2.32. The summed E-state index contributed by atoms with van der Waals surface area (Å²) in [5.41, 5.74) is 8.09. The maximum Gasteiger partial charge on any atom is 0.297 e. The molecule has 12 nitrogen and oxygen atoms in total. The van der Waals surface area contributed by atoms with Crippen LogP contribution in [0, 0.1) is 12.8 Å². The Labute approximate surface area is 355 Å². The SMILES string of the molecule is COc1cc(-n2ncc3c(-c4cccc(Nc5nc(C(F)F)nc6cc(CNC7CCC(C)CC7)cnc56)c4C)cccc32)cc(OC)c1CN(C)C1CCCCC1.O=CO. The first-order chi connectivity index (χ1) is 29.6. The molecule has 3 heterocycles. The van der Waals surface area contributed by atoms with Crippen LogP contribution in [0.1, 0.15) is 93.7 Å². The Hall–Kier alpha value is -5.73. The first-order valence-corrected chi connectivity index (χ1v) is 21.2. The molecule has 3 N–H and O–H groups in total. The van der Waals surface area contributed by atoms with Gasteiger partial charge in [0.15, 0.2) is 11.6 Å². The fourth-order valence-electron chi connectivity index (χ4n) is 8.92. The van der Waals surface area contributed by atoms with Crippen molar-refractivity contribution in [2.24, 2.45) is 5.92 Å². The minimum atomic E-state index is -2.84. The van der Waals surface area contributed by atoms with E-state index in [2.05, 4.69) is 57.7 Å². The molecular weight excluding hydrogens is 779 g/mol. The van der Waals surface area contributed by atoms with E-state index in [9.17, 15) is 8.78 Å². The molecule has 0 radical (unpaired) electrons. The summed E-state index contributed by atoms with van der Waals surface area (Å²) in [7, 11) is 5.60. The van der Waals surface area contributed by atoms with Gasteiger partial charge in [-0.15, -0.1) is 0 Å². The maximum atomic E-state index is 14.2. The van der Waals surface area contributed by atoms with Crippen LogP contribution in [0.15, 0.2) is 67.0 Å². The molecule has 2 aliphatic carbocycles. The summed E-state index contributed by atoms with van der Waals surface area (Å²) in [5.74, 6) is 1.99. The van der Waals surface area contributed by atoms with Crippen LogP contribution in [0.25, 0.3) is 38.8 Å². The van der Waals surface area contributed by atoms with Crippen LogP contribution < -0.4 is 20.1 Å². The fourth-order valence-corrected chi connectivity index (χ4v) is 8.92. The number of carboxylic acid groups (broad SMARTS) is 1. The zero-order chi connectivity index (χ0) is 43.0. The third-order valence-corrected chi connectivity index (χ3v) is 12.3. The number of alkyl halides is 2. The molecular formula is C47H56F2N8O4. The molecule has 2 aliphatic rings. The van der Waals surface area contributed by atoms with Gasteiger partial charge < -0.3 is 25.2 Å². The number of hydrogen-bond acceptors (Lipinski definition) is 10. The Bertz CT molecular complexity index is 2420. The van der Waals surface area contributed by atoms with Crippen molar-refractivity contribution in [2.45, 2.75) is 103 Å². The number of pyridine rings is 1. The van der Waals surface area contributed by atoms with Gasteiger partial charge in [-0.25, -0.2) is 23.4 Å². The first-order valence-electron chi connectivity index (χ1n) is 21.2. The van der Waals surface area contributed by atoms with Crippen molar-refractivity contribution in [2.75, 3.05) is 26.6 Å². The van der Waals surface area contributed by atoms with Crippen LogP contribution in [0.3, 0.4) is 0 Å². The smallest absolute Gasteiger partial charge is 0.297 e. The van der Waals surface area contributed by atoms with Crippen LogP contribution in [-0.4, -0.2) is 74.6 Å². The number of hydrogen-bond donors (Lipinski definition) is 3. The average Bonchev–Trinajstić information content (AvgIpc) is 3.72. The molecule has 0 unspecified atom stereocenters. The molecule has 8 rings (SSSR count). The second-order valence-corrected chi connectivity index (χ2v) is 16.3. The van der Waals surface area contributed by atoms with E-state index >= 15 is 0 Å². The van der Waals surface area contributed by atoms with Crippen molar-refractivity contribution < 1.29 is 28.2 Å². The quantitative estimate of drug-likeness (QED) is 0.0958. The highest BCUT2D eigenvalue weighted by atomic mass is 19.3. The highest BCUT2D eigenvalue weighted by Gasteiger charge is 2.24. The number of aromatic nitrogens is 5. The summed E-state index contributed by atoms with van der Waals surface area (Å²) >= 11 is 0. The summed E-state index contributed by atoms with van der Waals surface area (Å²) in [6.07, 6.45) is 11.8. The van der Waals surface area contributed by atoms with Crippen LogP contribution in [0.5, 0.6) is 11.5 Å². The van der Waals surface area contributed by atoms with Gasteiger partial charge in [-0.2, -0.15) is 5.10 Å². The number of rotatable bonds is 13. The van der Waals surface area contributed by atoms with E-state index < -0.39 is 12.2 Å². The van der Waals surface area contributed by atoms with Crippen LogP contribution in [0.4, 0.5) is 20.3 Å². The van der Waals surface area contributed by atoms with Crippen LogP contribution in [-0.2, 0) is 17.9 Å². The van der Waals surface area contributed by atoms with Gasteiger partial charge in [-0.05, 0) is 98.9 Å². The Morgan fingerprint density at radius 1 is 0.934 bits per heavy atom. The molecule has 0 spiro atoms. The monoisotopic (exact) mass is 834 g/mol. The van der Waals surface area contributed by atoms with Gasteiger partial charge in [-0.1, -0.05) is 50.5 Å². The Balaban J connectivity index is 0.00000182. The molecule has 2 fully saturated rings. The van der Waals surface area contributed by atoms with E-state index in [1.165, 1.54) is 44.9 Å². The molecule has 14 heteroatoms. The van der Waals surface area contributed by atoms with Crippen molar-refractivity contribution in [3.05, 3.63) is 89.5 Å². The normalized spacial score (nSPS) is 17.1. The minimum Gasteiger partial charge on any atom is -0.496 e. The molecule has 2 saturated carbocycles. The second-order valence-electron chi connectivity index (χ2n) is 16.3. The van der Waals surface area contributed by atoms with Gasteiger partial charge in [0.05, 0.1) is 42.7 Å². The molecule has 6 aromatic rings. The summed E-state index contributed by atoms with van der Waals surface area (Å²) in [4.78, 5) is 24.0. The Kier molecular flexibility index (Phi) is 14.1. The van der Waals surface area contributed by atoms with Gasteiger partial charge in [0.2, 0.25) is 0 Å². The van der Waals surface area contributed by atoms with Gasteiger partial charge in [0, 0.05) is 54.6 Å². The van der Waals surface area contributed by atoms with Crippen molar-refractivity contribution in [1.29, 1.82) is 0 Å². The summed E-state index contributed by atoms with van der Waals surface area (Å²) < 4.78 is 42.2. The third kappa shape index (κ3) is 9.76. The number of methoxy groups -OCH3 is 2. The lowest BCUT2D eigenvalue weighted by Crippen LogP contribution is -2.33. The summed E-state index contributed by atoms with van der Waals surface area (Å²) in [5, 5.41) is 19.7. The van der Waals surface area contributed by atoms with Crippen molar-refractivity contribution in [1.82, 2.24) is 34.9 Å². The van der Waals surface area contributed by atoms with Crippen molar-refractivity contribution in [3.63, 3.8) is 0 Å². The maximum absolute atomic E-state index is 14.2. The number of halogens is 2. The van der Waals surface area contributed by atoms with Gasteiger partial charge in [0.1, 0.15) is 17.0 Å². The lowest BCUT2D eigenvalue weighted by atomic mass is 9.87. The topological polar surface area (TPSA) is 140 Å². The zero-order valence-electron chi connectivity index (χ0n) is 35.6. The number of nitrogens with zero attached hydrogens (tertiary/aromatic N) is 6. The van der Waals surface area contributed by atoms with Crippen molar-refractivity contribution >= 4 is 39.9 Å². The van der Waals surface area contributed by atoms with Crippen LogP contribution >= 0.6 is 0 Å². The fraction of sp³-hybridized carbons (Fsp3) is 0.426. The zero-order valence-corrected chi connectivity index (χ0v) is 35.6. The van der Waals surface area contributed by atoms with E-state index in [1.807, 2.05) is 54.2 Å². The predicted molar refractivity (Wildman–Crippen MR) is 235 cm³/mol. The second kappa shape index (κ2) is 19.8. The van der Waals surface area contributed by atoms with E-state index in [0.717, 1.165) is 86.9 Å². The van der Waals surface area contributed by atoms with Gasteiger partial charge >= 0.3 is 0 Å². The third-order valence-electron chi connectivity index (χ3n) is 12.3. The lowest BCUT2D eigenvalue weighted by molar-refractivity contribution is -0.122. The van der Waals surface area contributed by atoms with E-state index in [1.54, 1.807) is 20.4 Å². The standard InChI is InChI=1S/C46H54F2N8O2.CH2O2/c1-28-17-19-31(20-18-28)49-24-30-21-39-43(50-25-30)45(54-46(53-39)44(47)48)52-38-15-9-13-34(29(38)2)35-14-10-16-40-36(35)26-51-56(40)33-22-41(57-4)37(42(23-33)58-5)27-55(3)32-11-7-6-8-12-32;2-1-3/h9-10,13-16,21-23,25-26,28,31-32,44,49H,6-8,11-12,17-20,24,27H2,1-5H3,(H,52,53,54);1H,(H,2,3). The Morgan fingerprint density at radius 3 is 2.31 bits per heavy atom.